The fraction of sp³-hybridized carbons (Fsp3) is 0.385. The van der Waals surface area contributed by atoms with E-state index in [1.165, 1.54) is 99.6 Å². The van der Waals surface area contributed by atoms with E-state index < -0.39 is 7.26 Å². The highest BCUT2D eigenvalue weighted by molar-refractivity contribution is 7.95. The number of rotatable bonds is 18. The van der Waals surface area contributed by atoms with Gasteiger partial charge in [0.1, 0.15) is 23.2 Å². The zero-order valence-electron chi connectivity index (χ0n) is 24.8. The lowest BCUT2D eigenvalue weighted by Gasteiger charge is -2.29. The molecule has 0 saturated heterocycles. The molecular weight excluding hydrogens is 499 g/mol. The van der Waals surface area contributed by atoms with Crippen LogP contribution in [-0.4, -0.2) is 0 Å². The number of hydrogen-bond donors (Lipinski definition) is 0. The second kappa shape index (κ2) is 17.2. The smallest absolute Gasteiger partial charge is 0.0654 e. The summed E-state index contributed by atoms with van der Waals surface area (Å²) in [6.45, 7) is 2.30. The van der Waals surface area contributed by atoms with E-state index >= 15 is 0 Å². The molecule has 40 heavy (non-hydrogen) atoms. The van der Waals surface area contributed by atoms with Crippen molar-refractivity contribution in [1.82, 2.24) is 0 Å². The lowest BCUT2D eigenvalue weighted by Crippen LogP contribution is -2.34. The molecule has 0 heterocycles. The van der Waals surface area contributed by atoms with Crippen LogP contribution in [0.3, 0.4) is 0 Å². The average Bonchev–Trinajstić information content (AvgIpc) is 3.02. The van der Waals surface area contributed by atoms with Gasteiger partial charge >= 0.3 is 0 Å². The molecule has 0 unspecified atom stereocenters. The summed E-state index contributed by atoms with van der Waals surface area (Å²) in [5, 5.41) is 4.53. The number of unbranched alkanes of at least 4 members (excludes halogenated alkanes) is 11. The highest BCUT2D eigenvalue weighted by atomic mass is 31.2. The fourth-order valence-corrected chi connectivity index (χ4v) is 10.7. The Bertz CT molecular complexity index is 1160. The molecule has 0 aliphatic heterocycles. The Morgan fingerprint density at radius 3 is 1.38 bits per heavy atom. The molecule has 0 aliphatic carbocycles. The molecule has 0 fully saturated rings. The molecule has 0 aromatic heterocycles. The quantitative estimate of drug-likeness (QED) is 0.0855. The Morgan fingerprint density at radius 2 is 0.850 bits per heavy atom. The van der Waals surface area contributed by atoms with Gasteiger partial charge in [0.2, 0.25) is 0 Å². The summed E-state index contributed by atoms with van der Waals surface area (Å²) in [5.41, 5.74) is 2.97. The molecule has 1 heteroatoms. The summed E-state index contributed by atoms with van der Waals surface area (Å²) in [4.78, 5) is 0. The van der Waals surface area contributed by atoms with Gasteiger partial charge in [0.05, 0.1) is 6.16 Å². The third kappa shape index (κ3) is 8.65. The van der Waals surface area contributed by atoms with Crippen molar-refractivity contribution in [2.75, 3.05) is 0 Å². The van der Waals surface area contributed by atoms with E-state index in [-0.39, 0.29) is 0 Å². The number of hydrogen-bond acceptors (Lipinski definition) is 0. The van der Waals surface area contributed by atoms with E-state index in [1.807, 2.05) is 0 Å². The van der Waals surface area contributed by atoms with Crippen LogP contribution in [-0.2, 0) is 12.6 Å². The monoisotopic (exact) mass is 549 g/mol. The minimum atomic E-state index is -1.90. The summed E-state index contributed by atoms with van der Waals surface area (Å²) in [7, 11) is -1.90. The standard InChI is InChI=1S/C39H50P/c1-2-3-4-5-6-7-8-9-10-11-12-18-27-36-28-23-24-33-39(36)40(37-29-19-14-20-30-37,38-31-21-15-22-32-38)34-35-25-16-13-17-26-35/h13-17,19-26,28-33H,2-12,18,27,34H2,1H3/q+1. The van der Waals surface area contributed by atoms with Gasteiger partial charge in [-0.15, -0.1) is 0 Å². The van der Waals surface area contributed by atoms with Gasteiger partial charge in [0.15, 0.2) is 0 Å². The Morgan fingerprint density at radius 1 is 0.425 bits per heavy atom. The van der Waals surface area contributed by atoms with Crippen molar-refractivity contribution in [2.45, 2.75) is 96.6 Å². The number of benzene rings is 4. The van der Waals surface area contributed by atoms with Gasteiger partial charge in [-0.2, -0.15) is 0 Å². The summed E-state index contributed by atoms with van der Waals surface area (Å²) >= 11 is 0. The molecule has 4 aromatic rings. The van der Waals surface area contributed by atoms with E-state index in [0.29, 0.717) is 0 Å². The molecule has 210 valence electrons. The van der Waals surface area contributed by atoms with Crippen molar-refractivity contribution in [1.29, 1.82) is 0 Å². The van der Waals surface area contributed by atoms with Gasteiger partial charge in [0, 0.05) is 0 Å². The molecule has 0 nitrogen and oxygen atoms in total. The Kier molecular flexibility index (Phi) is 13.0. The van der Waals surface area contributed by atoms with Crippen molar-refractivity contribution < 1.29 is 0 Å². The van der Waals surface area contributed by atoms with Crippen molar-refractivity contribution in [2.24, 2.45) is 0 Å². The van der Waals surface area contributed by atoms with Crippen LogP contribution in [0.5, 0.6) is 0 Å². The predicted octanol–water partition coefficient (Wildman–Crippen LogP) is 10.4. The Hall–Kier alpha value is -2.69. The lowest BCUT2D eigenvalue weighted by molar-refractivity contribution is 0.544. The number of aryl methyl sites for hydroxylation is 1. The van der Waals surface area contributed by atoms with E-state index in [0.717, 1.165) is 6.16 Å². The summed E-state index contributed by atoms with van der Waals surface area (Å²) < 4.78 is 0. The largest absolute Gasteiger partial charge is 0.116 e. The van der Waals surface area contributed by atoms with Crippen LogP contribution < -0.4 is 15.9 Å². The third-order valence-electron chi connectivity index (χ3n) is 8.36. The Balaban J connectivity index is 1.48. The van der Waals surface area contributed by atoms with Crippen LogP contribution >= 0.6 is 7.26 Å². The normalized spacial score (nSPS) is 11.5. The minimum Gasteiger partial charge on any atom is -0.0654 e. The summed E-state index contributed by atoms with van der Waals surface area (Å²) in [5.74, 6) is 0. The highest BCUT2D eigenvalue weighted by Crippen LogP contribution is 2.58. The molecule has 0 spiro atoms. The molecular formula is C39H50P+. The van der Waals surface area contributed by atoms with Crippen LogP contribution in [0.15, 0.2) is 115 Å². The zero-order chi connectivity index (χ0) is 27.7. The molecule has 0 atom stereocenters. The molecule has 4 aromatic carbocycles. The molecule has 0 radical (unpaired) electrons. The van der Waals surface area contributed by atoms with Gasteiger partial charge in [-0.1, -0.05) is 162 Å². The topological polar surface area (TPSA) is 0 Å². The zero-order valence-corrected chi connectivity index (χ0v) is 25.7. The van der Waals surface area contributed by atoms with E-state index in [1.54, 1.807) is 10.9 Å². The second-order valence-corrected chi connectivity index (χ2v) is 14.8. The van der Waals surface area contributed by atoms with Crippen LogP contribution in [0.1, 0.15) is 95.1 Å². The summed E-state index contributed by atoms with van der Waals surface area (Å²) in [6, 6.07) is 43.3. The van der Waals surface area contributed by atoms with Crippen molar-refractivity contribution >= 4 is 23.2 Å². The van der Waals surface area contributed by atoms with E-state index in [4.69, 9.17) is 0 Å². The van der Waals surface area contributed by atoms with Crippen LogP contribution in [0.4, 0.5) is 0 Å². The van der Waals surface area contributed by atoms with E-state index in [2.05, 4.69) is 122 Å². The van der Waals surface area contributed by atoms with Crippen LogP contribution in [0, 0.1) is 0 Å². The van der Waals surface area contributed by atoms with Crippen molar-refractivity contribution in [3.8, 4) is 0 Å². The summed E-state index contributed by atoms with van der Waals surface area (Å²) in [6.07, 6.45) is 19.0. The van der Waals surface area contributed by atoms with Gasteiger partial charge < -0.3 is 0 Å². The second-order valence-electron chi connectivity index (χ2n) is 11.4. The van der Waals surface area contributed by atoms with Gasteiger partial charge in [-0.05, 0) is 54.3 Å². The first-order valence-corrected chi connectivity index (χ1v) is 17.9. The first-order chi connectivity index (χ1) is 19.8. The Labute approximate surface area is 245 Å². The maximum atomic E-state index is 2.45. The predicted molar refractivity (Wildman–Crippen MR) is 180 cm³/mol. The van der Waals surface area contributed by atoms with Crippen molar-refractivity contribution in [3.63, 3.8) is 0 Å². The third-order valence-corrected chi connectivity index (χ3v) is 12.8. The molecule has 0 amide bonds. The molecule has 0 saturated carbocycles. The maximum absolute atomic E-state index is 2.45. The van der Waals surface area contributed by atoms with Gasteiger partial charge in [0.25, 0.3) is 0 Å². The van der Waals surface area contributed by atoms with Crippen LogP contribution in [0.2, 0.25) is 0 Å². The minimum absolute atomic E-state index is 1.05. The maximum Gasteiger partial charge on any atom is 0.116 e. The fourth-order valence-electron chi connectivity index (χ4n) is 6.17. The van der Waals surface area contributed by atoms with Crippen molar-refractivity contribution in [3.05, 3.63) is 126 Å². The molecule has 0 aliphatic rings. The molecule has 4 rings (SSSR count). The van der Waals surface area contributed by atoms with Gasteiger partial charge in [-0.25, -0.2) is 0 Å². The van der Waals surface area contributed by atoms with Gasteiger partial charge in [-0.3, -0.25) is 0 Å². The first-order valence-electron chi connectivity index (χ1n) is 16.0. The van der Waals surface area contributed by atoms with E-state index in [9.17, 15) is 0 Å². The highest BCUT2D eigenvalue weighted by Gasteiger charge is 2.46. The lowest BCUT2D eigenvalue weighted by atomic mass is 10.0. The molecule has 0 N–H and O–H groups in total. The molecule has 0 bridgehead atoms. The first kappa shape index (κ1) is 30.3. The average molecular weight is 550 g/mol. The van der Waals surface area contributed by atoms with Crippen LogP contribution in [0.25, 0.3) is 0 Å². The SMILES string of the molecule is CCCCCCCCCCCCCCc1ccccc1[P+](Cc1ccccc1)(c1ccccc1)c1ccccc1.